The van der Waals surface area contributed by atoms with Gasteiger partial charge in [-0.1, -0.05) is 66.5 Å². The third kappa shape index (κ3) is 9.60. The number of hydrogen-bond donors (Lipinski definition) is 10. The molecule has 8 aliphatic rings. The molecule has 3 heterocycles. The second-order valence-electron chi connectivity index (χ2n) is 25.2. The van der Waals surface area contributed by atoms with Crippen LogP contribution in [0.5, 0.6) is 0 Å². The van der Waals surface area contributed by atoms with Crippen molar-refractivity contribution >= 4 is 11.9 Å². The van der Waals surface area contributed by atoms with Gasteiger partial charge < -0.3 is 80.3 Å². The zero-order valence-electron chi connectivity index (χ0n) is 43.4. The summed E-state index contributed by atoms with van der Waals surface area (Å²) in [5.74, 6) is -0.347. The topological polar surface area (TPSA) is 289 Å². The SMILES string of the molecule is C[C@H]1O[C@@H](OC2C(O)C(NC(=O)CCCCCN)[C@H](CO)O[C@H]2OC(=O)[C@]23CCC(C)(C)CC2C2=CCC4C5(C)CC[C@H](O)C(C)(C)[C@@H]5CC[C@]4(C)[C@]2(C)CC3)C(O)C(O)C1O[C@@H]1OCC(O)C(O)C1O. The largest absolute Gasteiger partial charge is 0.432 e. The predicted molar refractivity (Wildman–Crippen MR) is 256 cm³/mol. The monoisotopic (exact) mass is 1010 g/mol. The minimum atomic E-state index is -1.87. The number of carbonyl (C=O) groups is 2. The predicted octanol–water partition coefficient (Wildman–Crippen LogP) is 2.45. The van der Waals surface area contributed by atoms with Crippen molar-refractivity contribution in [2.45, 2.75) is 237 Å². The highest BCUT2D eigenvalue weighted by Crippen LogP contribution is 2.76. The molecule has 7 fully saturated rings. The van der Waals surface area contributed by atoms with Gasteiger partial charge in [-0.15, -0.1) is 0 Å². The van der Waals surface area contributed by atoms with Crippen LogP contribution < -0.4 is 11.1 Å². The molecule has 0 aromatic rings. The van der Waals surface area contributed by atoms with E-state index >= 15 is 4.79 Å². The van der Waals surface area contributed by atoms with Gasteiger partial charge in [-0.2, -0.15) is 0 Å². The van der Waals surface area contributed by atoms with Crippen LogP contribution in [0.2, 0.25) is 0 Å². The molecule has 4 saturated carbocycles. The molecule has 0 bridgehead atoms. The van der Waals surface area contributed by atoms with E-state index in [4.69, 9.17) is 34.2 Å². The third-order valence-corrected chi connectivity index (χ3v) is 20.4. The zero-order valence-corrected chi connectivity index (χ0v) is 43.4. The van der Waals surface area contributed by atoms with Crippen LogP contribution in [0, 0.1) is 50.2 Å². The summed E-state index contributed by atoms with van der Waals surface area (Å²) in [5.41, 5.74) is 5.46. The number of rotatable bonds is 13. The highest BCUT2D eigenvalue weighted by Gasteiger charge is 2.70. The first-order chi connectivity index (χ1) is 33.3. The van der Waals surface area contributed by atoms with Crippen LogP contribution >= 0.6 is 0 Å². The smallest absolute Gasteiger partial charge is 0.315 e. The molecule has 3 saturated heterocycles. The average molecular weight is 1010 g/mol. The summed E-state index contributed by atoms with van der Waals surface area (Å²) in [6, 6.07) is -1.26. The molecule has 8 rings (SSSR count). The minimum Gasteiger partial charge on any atom is -0.432 e. The maximum absolute atomic E-state index is 15.5. The van der Waals surface area contributed by atoms with E-state index < -0.39 is 110 Å². The number of nitrogens with two attached hydrogens (primary N) is 1. The Kier molecular flexibility index (Phi) is 16.0. The molecule has 71 heavy (non-hydrogen) atoms. The molecule has 18 nitrogen and oxygen atoms in total. The zero-order chi connectivity index (χ0) is 51.8. The average Bonchev–Trinajstić information content (AvgIpc) is 3.31. The van der Waals surface area contributed by atoms with Crippen LogP contribution in [0.4, 0.5) is 0 Å². The lowest BCUT2D eigenvalue weighted by Crippen LogP contribution is -2.68. The number of allylic oxidation sites excluding steroid dienone is 2. The van der Waals surface area contributed by atoms with Crippen molar-refractivity contribution in [1.82, 2.24) is 5.32 Å². The molecule has 0 aromatic carbocycles. The van der Waals surface area contributed by atoms with E-state index in [0.717, 1.165) is 57.8 Å². The summed E-state index contributed by atoms with van der Waals surface area (Å²) in [7, 11) is 0. The van der Waals surface area contributed by atoms with Crippen LogP contribution in [-0.4, -0.2) is 165 Å². The van der Waals surface area contributed by atoms with E-state index in [2.05, 4.69) is 59.9 Å². The summed E-state index contributed by atoms with van der Waals surface area (Å²) in [6.45, 7) is 17.3. The van der Waals surface area contributed by atoms with E-state index in [-0.39, 0.29) is 52.1 Å². The van der Waals surface area contributed by atoms with Gasteiger partial charge in [0, 0.05) is 6.42 Å². The summed E-state index contributed by atoms with van der Waals surface area (Å²) in [4.78, 5) is 28.9. The number of ether oxygens (including phenoxy) is 6. The highest BCUT2D eigenvalue weighted by molar-refractivity contribution is 5.79. The maximum Gasteiger partial charge on any atom is 0.315 e. The fourth-order valence-corrected chi connectivity index (χ4v) is 15.7. The Morgan fingerprint density at radius 3 is 2.15 bits per heavy atom. The lowest BCUT2D eigenvalue weighted by molar-refractivity contribution is -0.369. The number of unbranched alkanes of at least 4 members (excludes halogenated alkanes) is 2. The molecule has 18 heteroatoms. The first kappa shape index (κ1) is 55.4. The van der Waals surface area contributed by atoms with Gasteiger partial charge >= 0.3 is 5.97 Å². The highest BCUT2D eigenvalue weighted by atomic mass is 16.8. The summed E-state index contributed by atoms with van der Waals surface area (Å²) >= 11 is 0. The van der Waals surface area contributed by atoms with E-state index in [9.17, 15) is 45.6 Å². The van der Waals surface area contributed by atoms with Gasteiger partial charge in [-0.3, -0.25) is 9.59 Å². The number of aliphatic hydroxyl groups is 8. The van der Waals surface area contributed by atoms with Crippen LogP contribution in [0.1, 0.15) is 145 Å². The van der Waals surface area contributed by atoms with E-state index in [1.807, 2.05) is 0 Å². The third-order valence-electron chi connectivity index (χ3n) is 20.4. The van der Waals surface area contributed by atoms with E-state index in [1.54, 1.807) is 0 Å². The molecule has 5 aliphatic carbocycles. The van der Waals surface area contributed by atoms with Gasteiger partial charge in [0.15, 0.2) is 18.7 Å². The van der Waals surface area contributed by atoms with Crippen LogP contribution in [0.25, 0.3) is 0 Å². The number of esters is 1. The summed E-state index contributed by atoms with van der Waals surface area (Å²) < 4.78 is 36.5. The van der Waals surface area contributed by atoms with Gasteiger partial charge in [-0.05, 0) is 135 Å². The number of aliphatic hydroxyl groups excluding tert-OH is 8. The van der Waals surface area contributed by atoms with Gasteiger partial charge in [0.1, 0.15) is 48.8 Å². The number of amides is 1. The number of carbonyl (C=O) groups excluding carboxylic acids is 2. The Hall–Kier alpha value is -1.88. The maximum atomic E-state index is 15.5. The molecule has 0 spiro atoms. The Labute approximate surface area is 419 Å². The summed E-state index contributed by atoms with van der Waals surface area (Å²) in [5, 5.41) is 90.8. The van der Waals surface area contributed by atoms with Crippen molar-refractivity contribution in [2.75, 3.05) is 19.8 Å². The fraction of sp³-hybridized carbons (Fsp3) is 0.925. The minimum absolute atomic E-state index is 0.0387. The number of nitrogens with one attached hydrogen (secondary N) is 1. The van der Waals surface area contributed by atoms with Crippen LogP contribution in [0.15, 0.2) is 11.6 Å². The molecule has 0 aromatic heterocycles. The normalized spacial score (nSPS) is 49.2. The van der Waals surface area contributed by atoms with Gasteiger partial charge in [0.05, 0.1) is 36.9 Å². The van der Waals surface area contributed by atoms with Crippen molar-refractivity contribution in [3.05, 3.63) is 11.6 Å². The molecular formula is C53H88N2O16. The van der Waals surface area contributed by atoms with Crippen molar-refractivity contribution in [3.8, 4) is 0 Å². The summed E-state index contributed by atoms with van der Waals surface area (Å²) in [6.07, 6.45) is -7.90. The second kappa shape index (κ2) is 20.6. The van der Waals surface area contributed by atoms with Gasteiger partial charge in [0.25, 0.3) is 0 Å². The van der Waals surface area contributed by atoms with Gasteiger partial charge in [0.2, 0.25) is 12.2 Å². The van der Waals surface area contributed by atoms with Crippen molar-refractivity contribution in [2.24, 2.45) is 56.0 Å². The van der Waals surface area contributed by atoms with Crippen LogP contribution in [0.3, 0.4) is 0 Å². The quantitative estimate of drug-likeness (QED) is 0.0720. The lowest BCUT2D eigenvalue weighted by atomic mass is 9.33. The first-order valence-corrected chi connectivity index (χ1v) is 26.8. The molecule has 22 atom stereocenters. The Morgan fingerprint density at radius 2 is 1.45 bits per heavy atom. The second-order valence-corrected chi connectivity index (χ2v) is 25.2. The number of hydrogen-bond acceptors (Lipinski definition) is 17. The molecule has 3 aliphatic heterocycles. The van der Waals surface area contributed by atoms with Crippen LogP contribution in [-0.2, 0) is 38.0 Å². The molecule has 11 N–H and O–H groups in total. The lowest BCUT2D eigenvalue weighted by Gasteiger charge is -2.71. The Bertz CT molecular complexity index is 1940. The van der Waals surface area contributed by atoms with E-state index in [0.29, 0.717) is 44.1 Å². The number of fused-ring (bicyclic) bond motifs is 7. The Morgan fingerprint density at radius 1 is 0.761 bits per heavy atom. The van der Waals surface area contributed by atoms with E-state index in [1.165, 1.54) is 12.5 Å². The standard InChI is InChI=1S/C53H88N2O16/c1-27-42(69-44-40(63)37(60)30(57)26-66-44)39(62)41(64)45(67-27)70-43-38(61)36(55-35(59)12-10-9-11-23-54)31(25-56)68-46(43)71-47(65)53-21-19-48(2,3)24-29(53)28-13-14-33-50(6)17-16-34(58)49(4,5)32(50)15-18-52(33,8)51(28,7)20-22-53/h13,27,29-34,36-46,56-58,60-64H,9-12,14-26,54H2,1-8H3,(H,55,59)/t27-,29?,30?,31+,32+,33?,34+,36?,37?,38?,39?,40?,41?,42?,43?,44+,45+,46+,50?,51-,52+,53+/m1/s1. The van der Waals surface area contributed by atoms with Crippen molar-refractivity contribution in [3.63, 3.8) is 0 Å². The Balaban J connectivity index is 1.07. The molecule has 0 radical (unpaired) electrons. The fourth-order valence-electron chi connectivity index (χ4n) is 15.7. The molecule has 12 unspecified atom stereocenters. The molecular weight excluding hydrogens is 921 g/mol. The van der Waals surface area contributed by atoms with Gasteiger partial charge in [-0.25, -0.2) is 0 Å². The molecule has 1 amide bonds. The molecule has 406 valence electrons. The van der Waals surface area contributed by atoms with Crippen molar-refractivity contribution < 1.29 is 78.9 Å². The first-order valence-electron chi connectivity index (χ1n) is 26.8. The van der Waals surface area contributed by atoms with Crippen molar-refractivity contribution in [1.29, 1.82) is 0 Å².